The minimum atomic E-state index is -2.20. The van der Waals surface area contributed by atoms with E-state index < -0.39 is 58.8 Å². The number of carboxylic acid groups (broad SMARTS) is 1. The lowest BCUT2D eigenvalue weighted by Crippen LogP contribution is -2.74. The predicted molar refractivity (Wildman–Crippen MR) is 127 cm³/mol. The molecule has 194 valence electrons. The summed E-state index contributed by atoms with van der Waals surface area (Å²) in [5.41, 5.74) is -1.96. The third-order valence-corrected chi connectivity index (χ3v) is 7.56. The van der Waals surface area contributed by atoms with Crippen molar-refractivity contribution in [2.45, 2.75) is 37.2 Å². The van der Waals surface area contributed by atoms with Crippen molar-refractivity contribution in [3.63, 3.8) is 0 Å². The highest BCUT2D eigenvalue weighted by molar-refractivity contribution is 8.00. The van der Waals surface area contributed by atoms with Crippen molar-refractivity contribution in [3.05, 3.63) is 30.3 Å². The first-order chi connectivity index (χ1) is 16.9. The summed E-state index contributed by atoms with van der Waals surface area (Å²) in [6.45, 7) is 1.79. The number of imide groups is 1. The number of fused-ring (bicyclic) bond motifs is 1. The minimum absolute atomic E-state index is 0.116. The highest BCUT2D eigenvalue weighted by Gasteiger charge is 2.65. The summed E-state index contributed by atoms with van der Waals surface area (Å²) in [5.74, 6) is -3.35. The molecule has 0 spiro atoms. The van der Waals surface area contributed by atoms with Crippen LogP contribution in [0.5, 0.6) is 0 Å². The number of benzene rings is 1. The molecule has 0 saturated carbocycles. The van der Waals surface area contributed by atoms with Crippen LogP contribution in [0.1, 0.15) is 20.3 Å². The number of amides is 6. The van der Waals surface area contributed by atoms with Crippen molar-refractivity contribution in [3.8, 4) is 0 Å². The normalized spacial score (nSPS) is 23.3. The molecule has 0 aromatic heterocycles. The molecule has 2 heterocycles. The van der Waals surface area contributed by atoms with E-state index in [2.05, 4.69) is 10.6 Å². The largest absolute Gasteiger partial charge is 0.481 e. The summed E-state index contributed by atoms with van der Waals surface area (Å²) in [6, 6.07) is 6.32. The van der Waals surface area contributed by atoms with Crippen LogP contribution in [0.3, 0.4) is 0 Å². The number of anilines is 1. The lowest BCUT2D eigenvalue weighted by Gasteiger charge is -2.56. The Balaban J connectivity index is 2.17. The van der Waals surface area contributed by atoms with Crippen LogP contribution in [-0.2, 0) is 23.9 Å². The molecule has 36 heavy (non-hydrogen) atoms. The van der Waals surface area contributed by atoms with Crippen molar-refractivity contribution in [1.82, 2.24) is 20.4 Å². The third-order valence-electron chi connectivity index (χ3n) is 6.01. The first-order valence-corrected chi connectivity index (χ1v) is 11.8. The van der Waals surface area contributed by atoms with Crippen LogP contribution in [0, 0.1) is 5.41 Å². The Kier molecular flexibility index (Phi) is 7.77. The fraction of sp³-hybridized carbons (Fsp3) is 0.455. The molecule has 0 aliphatic carbocycles. The number of β-lactam (4-membered cyclic amide) rings is 1. The quantitative estimate of drug-likeness (QED) is 0.276. The van der Waals surface area contributed by atoms with Gasteiger partial charge in [0.05, 0.1) is 11.8 Å². The number of carbonyl (C=O) groups excluding carboxylic acids is 5. The molecule has 1 aromatic carbocycles. The summed E-state index contributed by atoms with van der Waals surface area (Å²) in [4.78, 5) is 78.4. The molecule has 2 aliphatic rings. The van der Waals surface area contributed by atoms with Gasteiger partial charge in [-0.15, -0.1) is 11.8 Å². The van der Waals surface area contributed by atoms with E-state index in [-0.39, 0.29) is 18.0 Å². The molecule has 2 aliphatic heterocycles. The van der Waals surface area contributed by atoms with Crippen molar-refractivity contribution < 1.29 is 38.6 Å². The molecule has 3 unspecified atom stereocenters. The maximum atomic E-state index is 13.1. The lowest BCUT2D eigenvalue weighted by atomic mass is 9.81. The number of nitrogens with zero attached hydrogens (tertiary/aromatic N) is 3. The third kappa shape index (κ3) is 4.80. The van der Waals surface area contributed by atoms with Crippen LogP contribution < -0.4 is 15.5 Å². The number of nitrogens with one attached hydrogen (secondary N) is 2. The average Bonchev–Trinajstić information content (AvgIpc) is 2.82. The van der Waals surface area contributed by atoms with Gasteiger partial charge in [-0.2, -0.15) is 0 Å². The second-order valence-corrected chi connectivity index (χ2v) is 9.58. The molecule has 0 bridgehead atoms. The SMILES string of the molecule is CNC(=O)N(C)C(=O)NC1S[C@@H]2CC(=O)N2CC1(C(=O)O)C(OC(C)=O)N(C(C)=O)c1ccccc1. The topological polar surface area (TPSA) is 166 Å². The smallest absolute Gasteiger partial charge is 0.326 e. The van der Waals surface area contributed by atoms with E-state index in [4.69, 9.17) is 4.74 Å². The molecule has 6 amide bonds. The van der Waals surface area contributed by atoms with Gasteiger partial charge in [-0.1, -0.05) is 18.2 Å². The van der Waals surface area contributed by atoms with Crippen LogP contribution in [0.2, 0.25) is 0 Å². The molecular weight excluding hydrogens is 494 g/mol. The summed E-state index contributed by atoms with van der Waals surface area (Å²) >= 11 is 0.970. The van der Waals surface area contributed by atoms with Crippen molar-refractivity contribution in [2.24, 2.45) is 5.41 Å². The molecule has 0 radical (unpaired) electrons. The number of urea groups is 2. The van der Waals surface area contributed by atoms with Crippen LogP contribution in [0.25, 0.3) is 0 Å². The number of carbonyl (C=O) groups is 6. The van der Waals surface area contributed by atoms with E-state index in [1.807, 2.05) is 0 Å². The van der Waals surface area contributed by atoms with Crippen LogP contribution in [0.4, 0.5) is 15.3 Å². The number of esters is 1. The Labute approximate surface area is 211 Å². The van der Waals surface area contributed by atoms with E-state index in [0.29, 0.717) is 4.90 Å². The minimum Gasteiger partial charge on any atom is -0.481 e. The number of para-hydroxylation sites is 1. The summed E-state index contributed by atoms with van der Waals surface area (Å²) in [6.07, 6.45) is -1.64. The van der Waals surface area contributed by atoms with Gasteiger partial charge in [0.2, 0.25) is 18.0 Å². The number of rotatable bonds is 6. The van der Waals surface area contributed by atoms with Gasteiger partial charge in [0, 0.05) is 40.2 Å². The van der Waals surface area contributed by atoms with Crippen molar-refractivity contribution in [1.29, 1.82) is 0 Å². The first kappa shape index (κ1) is 26.8. The van der Waals surface area contributed by atoms with Crippen LogP contribution in [-0.4, -0.2) is 88.3 Å². The van der Waals surface area contributed by atoms with Gasteiger partial charge in [-0.05, 0) is 12.1 Å². The Morgan fingerprint density at radius 1 is 1.17 bits per heavy atom. The molecule has 2 saturated heterocycles. The Bertz CT molecular complexity index is 1090. The van der Waals surface area contributed by atoms with Gasteiger partial charge >= 0.3 is 24.0 Å². The Morgan fingerprint density at radius 3 is 2.31 bits per heavy atom. The van der Waals surface area contributed by atoms with Gasteiger partial charge in [0.15, 0.2) is 5.41 Å². The Hall–Kier alpha value is -3.81. The number of aliphatic carboxylic acids is 1. The summed E-state index contributed by atoms with van der Waals surface area (Å²) < 4.78 is 5.51. The zero-order chi connectivity index (χ0) is 26.8. The van der Waals surface area contributed by atoms with Gasteiger partial charge in [0.25, 0.3) is 0 Å². The second kappa shape index (κ2) is 10.4. The maximum absolute atomic E-state index is 13.1. The number of hydrogen-bond donors (Lipinski definition) is 3. The average molecular weight is 522 g/mol. The number of carboxylic acids is 1. The van der Waals surface area contributed by atoms with Crippen LogP contribution >= 0.6 is 11.8 Å². The number of thioether (sulfide) groups is 1. The predicted octanol–water partition coefficient (Wildman–Crippen LogP) is 0.612. The number of ether oxygens (including phenoxy) is 1. The second-order valence-electron chi connectivity index (χ2n) is 8.29. The van der Waals surface area contributed by atoms with E-state index in [0.717, 1.165) is 23.6 Å². The monoisotopic (exact) mass is 521 g/mol. The van der Waals surface area contributed by atoms with Gasteiger partial charge < -0.3 is 25.4 Å². The lowest BCUT2D eigenvalue weighted by molar-refractivity contribution is -0.175. The van der Waals surface area contributed by atoms with E-state index in [9.17, 15) is 33.9 Å². The van der Waals surface area contributed by atoms with Gasteiger partial charge in [-0.3, -0.25) is 24.1 Å². The molecule has 2 fully saturated rings. The molecule has 1 aromatic rings. The zero-order valence-corrected chi connectivity index (χ0v) is 20.9. The zero-order valence-electron chi connectivity index (χ0n) is 20.1. The maximum Gasteiger partial charge on any atom is 0.326 e. The first-order valence-electron chi connectivity index (χ1n) is 10.9. The summed E-state index contributed by atoms with van der Waals surface area (Å²) in [5, 5.41) is 13.7. The molecule has 13 nitrogen and oxygen atoms in total. The fourth-order valence-electron chi connectivity index (χ4n) is 4.12. The molecule has 14 heteroatoms. The molecular formula is C22H27N5O8S. The fourth-order valence-corrected chi connectivity index (χ4v) is 5.72. The van der Waals surface area contributed by atoms with Gasteiger partial charge in [0.1, 0.15) is 5.37 Å². The van der Waals surface area contributed by atoms with Crippen molar-refractivity contribution in [2.75, 3.05) is 25.5 Å². The van der Waals surface area contributed by atoms with E-state index >= 15 is 0 Å². The molecule has 4 atom stereocenters. The van der Waals surface area contributed by atoms with Crippen molar-refractivity contribution >= 4 is 53.3 Å². The highest BCUT2D eigenvalue weighted by atomic mass is 32.2. The Morgan fingerprint density at radius 2 is 1.81 bits per heavy atom. The highest BCUT2D eigenvalue weighted by Crippen LogP contribution is 2.49. The van der Waals surface area contributed by atoms with Gasteiger partial charge in [-0.25, -0.2) is 14.5 Å². The number of hydrogen-bond acceptors (Lipinski definition) is 8. The molecule has 3 rings (SSSR count). The van der Waals surface area contributed by atoms with Crippen LogP contribution in [0.15, 0.2) is 30.3 Å². The van der Waals surface area contributed by atoms with E-state index in [1.54, 1.807) is 18.2 Å². The summed E-state index contributed by atoms with van der Waals surface area (Å²) in [7, 11) is 2.51. The van der Waals surface area contributed by atoms with E-state index in [1.165, 1.54) is 38.1 Å². The molecule has 3 N–H and O–H groups in total. The standard InChI is InChI=1S/C22H27N5O8S/c1-12(28)27(14-8-6-5-7-9-14)18(35-13(2)29)22(19(31)32)11-26-15(30)10-16(26)36-17(22)24-21(34)25(4)20(33)23-3/h5-9,16-18H,10-11H2,1-4H3,(H,23,33)(H,24,34)(H,31,32)/t16-,17?,18?,22?/m1/s1.